The van der Waals surface area contributed by atoms with Gasteiger partial charge < -0.3 is 5.32 Å². The molecule has 0 aromatic carbocycles. The van der Waals surface area contributed by atoms with Crippen LogP contribution in [-0.4, -0.2) is 36.6 Å². The second-order valence-corrected chi connectivity index (χ2v) is 8.81. The quantitative estimate of drug-likeness (QED) is 0.835. The van der Waals surface area contributed by atoms with Crippen molar-refractivity contribution in [1.29, 1.82) is 0 Å². The van der Waals surface area contributed by atoms with Crippen LogP contribution in [0, 0.1) is 10.8 Å². The molecule has 0 aromatic rings. The fourth-order valence-corrected chi connectivity index (χ4v) is 5.06. The molecule has 2 aliphatic rings. The largest absolute Gasteiger partial charge is 0.315 e. The Morgan fingerprint density at radius 2 is 1.70 bits per heavy atom. The highest BCUT2D eigenvalue weighted by Crippen LogP contribution is 2.47. The Bertz CT molecular complexity index is 287. The zero-order chi connectivity index (χ0) is 14.8. The predicted octanol–water partition coefficient (Wildman–Crippen LogP) is 4.06. The van der Waals surface area contributed by atoms with Crippen molar-refractivity contribution in [2.24, 2.45) is 10.8 Å². The van der Waals surface area contributed by atoms with E-state index in [1.807, 2.05) is 0 Å². The van der Waals surface area contributed by atoms with E-state index in [-0.39, 0.29) is 0 Å². The van der Waals surface area contributed by atoms with Gasteiger partial charge in [0.15, 0.2) is 0 Å². The van der Waals surface area contributed by atoms with E-state index in [9.17, 15) is 0 Å². The normalized spacial score (nSPS) is 30.6. The lowest BCUT2D eigenvalue weighted by Gasteiger charge is -2.51. The molecule has 2 heteroatoms. The van der Waals surface area contributed by atoms with Gasteiger partial charge >= 0.3 is 0 Å². The molecule has 1 heterocycles. The third kappa shape index (κ3) is 4.21. The maximum atomic E-state index is 3.61. The Hall–Kier alpha value is -0.0800. The van der Waals surface area contributed by atoms with E-state index in [4.69, 9.17) is 0 Å². The van der Waals surface area contributed by atoms with Gasteiger partial charge in [-0.3, -0.25) is 4.90 Å². The van der Waals surface area contributed by atoms with E-state index >= 15 is 0 Å². The lowest BCUT2D eigenvalue weighted by Crippen LogP contribution is -2.54. The highest BCUT2D eigenvalue weighted by Gasteiger charge is 2.41. The summed E-state index contributed by atoms with van der Waals surface area (Å²) in [6.45, 7) is 15.9. The van der Waals surface area contributed by atoms with Gasteiger partial charge in [0, 0.05) is 18.6 Å². The SMILES string of the molecule is CCCN(C1CCCNC1)C1CC(C)(C)CC(C)(C)C1. The average molecular weight is 280 g/mol. The Balaban J connectivity index is 2.10. The molecular formula is C18H36N2. The Kier molecular flexibility index (Phi) is 5.18. The highest BCUT2D eigenvalue weighted by molar-refractivity contribution is 4.95. The number of piperidine rings is 1. The maximum absolute atomic E-state index is 3.61. The molecule has 2 nitrogen and oxygen atoms in total. The van der Waals surface area contributed by atoms with E-state index in [2.05, 4.69) is 44.8 Å². The van der Waals surface area contributed by atoms with E-state index in [1.165, 1.54) is 58.2 Å². The first-order chi connectivity index (χ1) is 9.33. The van der Waals surface area contributed by atoms with Crippen LogP contribution in [0.1, 0.15) is 73.1 Å². The second-order valence-electron chi connectivity index (χ2n) is 8.81. The molecule has 20 heavy (non-hydrogen) atoms. The molecule has 0 amide bonds. The van der Waals surface area contributed by atoms with Gasteiger partial charge in [0.1, 0.15) is 0 Å². The van der Waals surface area contributed by atoms with Crippen LogP contribution in [0.4, 0.5) is 0 Å². The van der Waals surface area contributed by atoms with E-state index in [1.54, 1.807) is 0 Å². The summed E-state index contributed by atoms with van der Waals surface area (Å²) in [5, 5.41) is 3.61. The minimum absolute atomic E-state index is 0.500. The fraction of sp³-hybridized carbons (Fsp3) is 1.00. The first kappa shape index (κ1) is 16.3. The van der Waals surface area contributed by atoms with Gasteiger partial charge in [-0.1, -0.05) is 34.6 Å². The van der Waals surface area contributed by atoms with Crippen LogP contribution in [-0.2, 0) is 0 Å². The number of hydrogen-bond acceptors (Lipinski definition) is 2. The van der Waals surface area contributed by atoms with E-state index in [0.29, 0.717) is 10.8 Å². The molecule has 1 atom stereocenters. The topological polar surface area (TPSA) is 15.3 Å². The fourth-order valence-electron chi connectivity index (χ4n) is 5.06. The lowest BCUT2D eigenvalue weighted by molar-refractivity contribution is -0.000610. The van der Waals surface area contributed by atoms with Crippen LogP contribution in [0.2, 0.25) is 0 Å². The smallest absolute Gasteiger partial charge is 0.0224 e. The number of nitrogens with zero attached hydrogens (tertiary/aromatic N) is 1. The molecule has 1 unspecified atom stereocenters. The third-order valence-electron chi connectivity index (χ3n) is 5.22. The Labute approximate surface area is 126 Å². The van der Waals surface area contributed by atoms with Crippen LogP contribution in [0.25, 0.3) is 0 Å². The number of hydrogen-bond donors (Lipinski definition) is 1. The molecule has 0 spiro atoms. The summed E-state index contributed by atoms with van der Waals surface area (Å²) in [5.74, 6) is 0. The summed E-state index contributed by atoms with van der Waals surface area (Å²) in [6, 6.07) is 1.57. The Morgan fingerprint density at radius 3 is 2.20 bits per heavy atom. The minimum Gasteiger partial charge on any atom is -0.315 e. The van der Waals surface area contributed by atoms with Crippen molar-refractivity contribution >= 4 is 0 Å². The highest BCUT2D eigenvalue weighted by atomic mass is 15.2. The molecule has 0 aromatic heterocycles. The average Bonchev–Trinajstić information content (AvgIpc) is 2.33. The first-order valence-corrected chi connectivity index (χ1v) is 8.79. The first-order valence-electron chi connectivity index (χ1n) is 8.79. The summed E-state index contributed by atoms with van der Waals surface area (Å²) in [7, 11) is 0. The van der Waals surface area contributed by atoms with Gasteiger partial charge in [-0.25, -0.2) is 0 Å². The lowest BCUT2D eigenvalue weighted by atomic mass is 9.63. The molecule has 1 aliphatic carbocycles. The zero-order valence-electron chi connectivity index (χ0n) is 14.5. The van der Waals surface area contributed by atoms with Crippen molar-refractivity contribution in [3.63, 3.8) is 0 Å². The summed E-state index contributed by atoms with van der Waals surface area (Å²) in [4.78, 5) is 2.87. The van der Waals surface area contributed by atoms with E-state index < -0.39 is 0 Å². The third-order valence-corrected chi connectivity index (χ3v) is 5.22. The number of rotatable bonds is 4. The van der Waals surface area contributed by atoms with Gasteiger partial charge in [-0.15, -0.1) is 0 Å². The zero-order valence-corrected chi connectivity index (χ0v) is 14.5. The maximum Gasteiger partial charge on any atom is 0.0224 e. The van der Waals surface area contributed by atoms with Crippen LogP contribution < -0.4 is 5.32 Å². The molecular weight excluding hydrogens is 244 g/mol. The summed E-state index contributed by atoms with van der Waals surface area (Å²) in [6.07, 6.45) is 8.17. The van der Waals surface area contributed by atoms with Gasteiger partial charge in [0.25, 0.3) is 0 Å². The summed E-state index contributed by atoms with van der Waals surface area (Å²) in [5.41, 5.74) is 1.00. The Morgan fingerprint density at radius 1 is 1.05 bits per heavy atom. The van der Waals surface area contributed by atoms with Crippen LogP contribution in [0.15, 0.2) is 0 Å². The van der Waals surface area contributed by atoms with Gasteiger partial charge in [0.05, 0.1) is 0 Å². The molecule has 1 aliphatic heterocycles. The van der Waals surface area contributed by atoms with Gasteiger partial charge in [-0.2, -0.15) is 0 Å². The van der Waals surface area contributed by atoms with Crippen molar-refractivity contribution < 1.29 is 0 Å². The number of nitrogens with one attached hydrogen (secondary N) is 1. The predicted molar refractivity (Wildman–Crippen MR) is 88.1 cm³/mol. The van der Waals surface area contributed by atoms with Crippen molar-refractivity contribution in [3.8, 4) is 0 Å². The summed E-state index contributed by atoms with van der Waals surface area (Å²) >= 11 is 0. The van der Waals surface area contributed by atoms with E-state index in [0.717, 1.165) is 12.1 Å². The summed E-state index contributed by atoms with van der Waals surface area (Å²) < 4.78 is 0. The molecule has 118 valence electrons. The molecule has 2 rings (SSSR count). The van der Waals surface area contributed by atoms with Crippen molar-refractivity contribution in [2.75, 3.05) is 19.6 Å². The standard InChI is InChI=1S/C18H36N2/c1-6-10-20(15-8-7-9-19-13-15)16-11-17(2,3)14-18(4,5)12-16/h15-16,19H,6-14H2,1-5H3. The van der Waals surface area contributed by atoms with Gasteiger partial charge in [-0.05, 0) is 62.4 Å². The van der Waals surface area contributed by atoms with Gasteiger partial charge in [0.2, 0.25) is 0 Å². The van der Waals surface area contributed by atoms with Crippen LogP contribution in [0.5, 0.6) is 0 Å². The minimum atomic E-state index is 0.500. The van der Waals surface area contributed by atoms with Crippen molar-refractivity contribution in [2.45, 2.75) is 85.2 Å². The molecule has 1 N–H and O–H groups in total. The molecule has 0 bridgehead atoms. The second kappa shape index (κ2) is 6.36. The molecule has 1 saturated carbocycles. The van der Waals surface area contributed by atoms with Crippen LogP contribution >= 0.6 is 0 Å². The van der Waals surface area contributed by atoms with Crippen molar-refractivity contribution in [1.82, 2.24) is 10.2 Å². The molecule has 1 saturated heterocycles. The molecule has 2 fully saturated rings. The molecule has 0 radical (unpaired) electrons. The monoisotopic (exact) mass is 280 g/mol. The van der Waals surface area contributed by atoms with Crippen molar-refractivity contribution in [3.05, 3.63) is 0 Å². The van der Waals surface area contributed by atoms with Crippen LogP contribution in [0.3, 0.4) is 0 Å².